The predicted octanol–water partition coefficient (Wildman–Crippen LogP) is 3.74. The molecule has 102 valence electrons. The van der Waals surface area contributed by atoms with Gasteiger partial charge in [-0.1, -0.05) is 44.6 Å². The Morgan fingerprint density at radius 1 is 1.37 bits per heavy atom. The lowest BCUT2D eigenvalue weighted by Crippen LogP contribution is -2.41. The molecule has 1 aliphatic carbocycles. The van der Waals surface area contributed by atoms with Gasteiger partial charge in [0.15, 0.2) is 0 Å². The molecule has 0 heterocycles. The summed E-state index contributed by atoms with van der Waals surface area (Å²) in [6.45, 7) is 5.70. The van der Waals surface area contributed by atoms with Crippen molar-refractivity contribution in [3.05, 3.63) is 36.4 Å². The summed E-state index contributed by atoms with van der Waals surface area (Å²) in [4.78, 5) is 11.5. The average molecular weight is 260 g/mol. The van der Waals surface area contributed by atoms with Crippen LogP contribution in [0.15, 0.2) is 30.8 Å². The quantitative estimate of drug-likeness (QED) is 0.877. The van der Waals surface area contributed by atoms with Crippen molar-refractivity contribution < 1.29 is 14.6 Å². The van der Waals surface area contributed by atoms with Gasteiger partial charge < -0.3 is 9.84 Å². The predicted molar refractivity (Wildman–Crippen MR) is 75.2 cm³/mol. The molecule has 1 aromatic carbocycles. The van der Waals surface area contributed by atoms with Crippen LogP contribution in [0.5, 0.6) is 5.75 Å². The van der Waals surface area contributed by atoms with Crippen LogP contribution < -0.4 is 4.74 Å². The Morgan fingerprint density at radius 2 is 1.95 bits per heavy atom. The second-order valence-corrected chi connectivity index (χ2v) is 5.47. The fourth-order valence-corrected chi connectivity index (χ4v) is 2.75. The first-order valence-electron chi connectivity index (χ1n) is 6.67. The molecule has 1 unspecified atom stereocenters. The van der Waals surface area contributed by atoms with Crippen LogP contribution in [0.25, 0.3) is 6.08 Å². The number of carboxylic acids is 1. The van der Waals surface area contributed by atoms with E-state index in [0.29, 0.717) is 5.75 Å². The topological polar surface area (TPSA) is 46.5 Å². The molecule has 19 heavy (non-hydrogen) atoms. The number of aliphatic carboxylic acids is 1. The maximum Gasteiger partial charge on any atom is 0.345 e. The van der Waals surface area contributed by atoms with Gasteiger partial charge in [-0.05, 0) is 30.5 Å². The van der Waals surface area contributed by atoms with Crippen LogP contribution in [-0.4, -0.2) is 17.2 Å². The van der Waals surface area contributed by atoms with Gasteiger partial charge in [-0.25, -0.2) is 4.79 Å². The van der Waals surface area contributed by atoms with Crippen molar-refractivity contribution in [1.29, 1.82) is 0 Å². The Morgan fingerprint density at radius 3 is 2.42 bits per heavy atom. The van der Waals surface area contributed by atoms with Crippen molar-refractivity contribution in [2.24, 2.45) is 5.41 Å². The summed E-state index contributed by atoms with van der Waals surface area (Å²) < 4.78 is 5.73. The Hall–Kier alpha value is -1.77. The number of ether oxygens (including phenoxy) is 1. The number of benzene rings is 1. The van der Waals surface area contributed by atoms with Gasteiger partial charge in [-0.3, -0.25) is 0 Å². The number of carbonyl (C=O) groups is 1. The number of hydrogen-bond acceptors (Lipinski definition) is 2. The SMILES string of the molecule is C=Cc1ccc(OC(C(=O)O)C2(C)CCCC2)cc1. The molecule has 0 aromatic heterocycles. The minimum atomic E-state index is -0.878. The molecule has 0 bridgehead atoms. The summed E-state index contributed by atoms with van der Waals surface area (Å²) in [6.07, 6.45) is 4.96. The van der Waals surface area contributed by atoms with Crippen LogP contribution >= 0.6 is 0 Å². The summed E-state index contributed by atoms with van der Waals surface area (Å²) in [6, 6.07) is 7.34. The molecule has 3 heteroatoms. The third-order valence-electron chi connectivity index (χ3n) is 3.97. The first-order chi connectivity index (χ1) is 9.05. The number of carboxylic acid groups (broad SMARTS) is 1. The van der Waals surface area contributed by atoms with E-state index in [1.54, 1.807) is 18.2 Å². The lowest BCUT2D eigenvalue weighted by atomic mass is 9.82. The van der Waals surface area contributed by atoms with Gasteiger partial charge in [0, 0.05) is 5.41 Å². The first kappa shape index (κ1) is 13.7. The molecule has 0 amide bonds. The average Bonchev–Trinajstić information content (AvgIpc) is 2.84. The molecular formula is C16H20O3. The normalized spacial score (nSPS) is 18.8. The zero-order valence-electron chi connectivity index (χ0n) is 11.3. The van der Waals surface area contributed by atoms with E-state index >= 15 is 0 Å². The van der Waals surface area contributed by atoms with Gasteiger partial charge in [0.1, 0.15) is 5.75 Å². The smallest absolute Gasteiger partial charge is 0.345 e. The van der Waals surface area contributed by atoms with E-state index < -0.39 is 12.1 Å². The Kier molecular flexibility index (Phi) is 3.93. The minimum absolute atomic E-state index is 0.261. The van der Waals surface area contributed by atoms with Gasteiger partial charge in [-0.2, -0.15) is 0 Å². The molecule has 1 aliphatic rings. The van der Waals surface area contributed by atoms with E-state index in [4.69, 9.17) is 4.74 Å². The zero-order valence-corrected chi connectivity index (χ0v) is 11.3. The highest BCUT2D eigenvalue weighted by molar-refractivity contribution is 5.74. The largest absolute Gasteiger partial charge is 0.478 e. The standard InChI is InChI=1S/C16H20O3/c1-3-12-6-8-13(9-7-12)19-14(15(17)18)16(2)10-4-5-11-16/h3,6-9,14H,1,4-5,10-11H2,2H3,(H,17,18). The molecule has 1 fully saturated rings. The maximum absolute atomic E-state index is 11.5. The van der Waals surface area contributed by atoms with Gasteiger partial charge >= 0.3 is 5.97 Å². The van der Waals surface area contributed by atoms with Crippen molar-refractivity contribution >= 4 is 12.0 Å². The third kappa shape index (κ3) is 2.98. The first-order valence-corrected chi connectivity index (χ1v) is 6.67. The molecule has 0 aliphatic heterocycles. The van der Waals surface area contributed by atoms with Crippen LogP contribution in [0, 0.1) is 5.41 Å². The van der Waals surface area contributed by atoms with Crippen molar-refractivity contribution in [2.75, 3.05) is 0 Å². The highest BCUT2D eigenvalue weighted by Gasteiger charge is 2.43. The second-order valence-electron chi connectivity index (χ2n) is 5.47. The number of rotatable bonds is 5. The van der Waals surface area contributed by atoms with E-state index in [1.807, 2.05) is 19.1 Å². The van der Waals surface area contributed by atoms with E-state index in [1.165, 1.54) is 0 Å². The van der Waals surface area contributed by atoms with E-state index in [9.17, 15) is 9.90 Å². The van der Waals surface area contributed by atoms with Crippen LogP contribution in [0.4, 0.5) is 0 Å². The highest BCUT2D eigenvalue weighted by atomic mass is 16.5. The lowest BCUT2D eigenvalue weighted by molar-refractivity contribution is -0.151. The van der Waals surface area contributed by atoms with Gasteiger partial charge in [0.2, 0.25) is 6.10 Å². The van der Waals surface area contributed by atoms with Crippen molar-refractivity contribution in [2.45, 2.75) is 38.7 Å². The molecule has 2 rings (SSSR count). The Balaban J connectivity index is 2.16. The summed E-state index contributed by atoms with van der Waals surface area (Å²) in [5, 5.41) is 9.42. The van der Waals surface area contributed by atoms with Gasteiger partial charge in [0.05, 0.1) is 0 Å². The number of hydrogen-bond donors (Lipinski definition) is 1. The van der Waals surface area contributed by atoms with Crippen molar-refractivity contribution in [3.8, 4) is 5.75 Å². The summed E-state index contributed by atoms with van der Waals surface area (Å²) >= 11 is 0. The zero-order chi connectivity index (χ0) is 13.9. The van der Waals surface area contributed by atoms with Gasteiger partial charge in [0.25, 0.3) is 0 Å². The van der Waals surface area contributed by atoms with Gasteiger partial charge in [-0.15, -0.1) is 0 Å². The molecular weight excluding hydrogens is 240 g/mol. The van der Waals surface area contributed by atoms with E-state index in [0.717, 1.165) is 31.2 Å². The molecule has 0 radical (unpaired) electrons. The van der Waals surface area contributed by atoms with Crippen molar-refractivity contribution in [1.82, 2.24) is 0 Å². The van der Waals surface area contributed by atoms with Crippen LogP contribution in [0.1, 0.15) is 38.2 Å². The fourth-order valence-electron chi connectivity index (χ4n) is 2.75. The fraction of sp³-hybridized carbons (Fsp3) is 0.438. The maximum atomic E-state index is 11.5. The second kappa shape index (κ2) is 5.47. The lowest BCUT2D eigenvalue weighted by Gasteiger charge is -2.31. The molecule has 0 spiro atoms. The summed E-state index contributed by atoms with van der Waals surface area (Å²) in [7, 11) is 0. The van der Waals surface area contributed by atoms with E-state index in [2.05, 4.69) is 6.58 Å². The molecule has 1 N–H and O–H groups in total. The summed E-state index contributed by atoms with van der Waals surface area (Å²) in [5.74, 6) is -0.275. The third-order valence-corrected chi connectivity index (χ3v) is 3.97. The summed E-state index contributed by atoms with van der Waals surface area (Å²) in [5.41, 5.74) is 0.731. The monoisotopic (exact) mass is 260 g/mol. The molecule has 1 aromatic rings. The molecule has 0 saturated heterocycles. The molecule has 3 nitrogen and oxygen atoms in total. The Bertz CT molecular complexity index is 455. The van der Waals surface area contributed by atoms with Crippen LogP contribution in [-0.2, 0) is 4.79 Å². The molecule has 1 saturated carbocycles. The highest BCUT2D eigenvalue weighted by Crippen LogP contribution is 2.42. The molecule has 1 atom stereocenters. The Labute approximate surface area is 113 Å². The van der Waals surface area contributed by atoms with E-state index in [-0.39, 0.29) is 5.41 Å². The minimum Gasteiger partial charge on any atom is -0.478 e. The van der Waals surface area contributed by atoms with Crippen LogP contribution in [0.3, 0.4) is 0 Å². The van der Waals surface area contributed by atoms with Crippen LogP contribution in [0.2, 0.25) is 0 Å². The van der Waals surface area contributed by atoms with Crippen molar-refractivity contribution in [3.63, 3.8) is 0 Å².